The molecule has 0 atom stereocenters. The van der Waals surface area contributed by atoms with Crippen LogP contribution in [0.1, 0.15) is 20.2 Å². The number of carbonyl (C=O) groups is 2. The number of benzene rings is 1. The van der Waals surface area contributed by atoms with Gasteiger partial charge in [-0.15, -0.1) is 11.3 Å². The van der Waals surface area contributed by atoms with Crippen molar-refractivity contribution in [1.29, 1.82) is 0 Å². The SMILES string of the molecule is O=C(c1nccs1)N1CCN(C2CN(C(=O)c3cc(Br)ccc3F)C2)CC1. The quantitative estimate of drug-likeness (QED) is 0.716. The molecular weight excluding hydrogens is 435 g/mol. The number of thiazole rings is 1. The Balaban J connectivity index is 1.29. The summed E-state index contributed by atoms with van der Waals surface area (Å²) in [7, 11) is 0. The Morgan fingerprint density at radius 3 is 2.52 bits per heavy atom. The number of rotatable bonds is 3. The molecule has 2 saturated heterocycles. The lowest BCUT2D eigenvalue weighted by Crippen LogP contribution is -2.64. The number of likely N-dealkylation sites (tertiary alicyclic amines) is 1. The first-order valence-electron chi connectivity index (χ1n) is 8.70. The van der Waals surface area contributed by atoms with Gasteiger partial charge < -0.3 is 9.80 Å². The molecule has 27 heavy (non-hydrogen) atoms. The van der Waals surface area contributed by atoms with Gasteiger partial charge in [-0.1, -0.05) is 15.9 Å². The number of carbonyl (C=O) groups excluding carboxylic acids is 2. The van der Waals surface area contributed by atoms with Crippen molar-refractivity contribution in [3.05, 3.63) is 50.6 Å². The number of nitrogens with zero attached hydrogens (tertiary/aromatic N) is 4. The summed E-state index contributed by atoms with van der Waals surface area (Å²) in [6, 6.07) is 4.67. The minimum Gasteiger partial charge on any atom is -0.335 e. The fraction of sp³-hybridized carbons (Fsp3) is 0.389. The van der Waals surface area contributed by atoms with Gasteiger partial charge >= 0.3 is 0 Å². The Labute approximate surface area is 168 Å². The van der Waals surface area contributed by atoms with Gasteiger partial charge in [0.15, 0.2) is 5.01 Å². The van der Waals surface area contributed by atoms with Crippen LogP contribution in [0.15, 0.2) is 34.2 Å². The van der Waals surface area contributed by atoms with E-state index < -0.39 is 5.82 Å². The van der Waals surface area contributed by atoms with Gasteiger partial charge in [-0.2, -0.15) is 0 Å². The van der Waals surface area contributed by atoms with Crippen molar-refractivity contribution in [3.63, 3.8) is 0 Å². The number of hydrogen-bond donors (Lipinski definition) is 0. The van der Waals surface area contributed by atoms with Crippen LogP contribution < -0.4 is 0 Å². The Hall–Kier alpha value is -1.84. The van der Waals surface area contributed by atoms with Crippen LogP contribution in [0.4, 0.5) is 4.39 Å². The number of hydrogen-bond acceptors (Lipinski definition) is 5. The topological polar surface area (TPSA) is 56.8 Å². The summed E-state index contributed by atoms with van der Waals surface area (Å²) in [4.78, 5) is 34.7. The van der Waals surface area contributed by atoms with Gasteiger partial charge in [-0.25, -0.2) is 9.37 Å². The van der Waals surface area contributed by atoms with Crippen LogP contribution in [0.5, 0.6) is 0 Å². The van der Waals surface area contributed by atoms with E-state index in [1.165, 1.54) is 23.5 Å². The van der Waals surface area contributed by atoms with E-state index >= 15 is 0 Å². The first-order chi connectivity index (χ1) is 13.0. The highest BCUT2D eigenvalue weighted by Gasteiger charge is 2.37. The molecule has 0 N–H and O–H groups in total. The highest BCUT2D eigenvalue weighted by Crippen LogP contribution is 2.23. The molecule has 9 heteroatoms. The lowest BCUT2D eigenvalue weighted by molar-refractivity contribution is 0.00831. The molecule has 2 amide bonds. The average molecular weight is 453 g/mol. The zero-order valence-electron chi connectivity index (χ0n) is 14.5. The first kappa shape index (κ1) is 18.5. The molecule has 0 unspecified atom stereocenters. The molecule has 2 fully saturated rings. The smallest absolute Gasteiger partial charge is 0.282 e. The van der Waals surface area contributed by atoms with Gasteiger partial charge in [-0.3, -0.25) is 14.5 Å². The van der Waals surface area contributed by atoms with Crippen LogP contribution in [-0.2, 0) is 0 Å². The van der Waals surface area contributed by atoms with Crippen LogP contribution in [0.3, 0.4) is 0 Å². The molecule has 4 rings (SSSR count). The maximum absolute atomic E-state index is 13.9. The van der Waals surface area contributed by atoms with Crippen molar-refractivity contribution in [1.82, 2.24) is 19.7 Å². The summed E-state index contributed by atoms with van der Waals surface area (Å²) >= 11 is 4.63. The van der Waals surface area contributed by atoms with Crippen molar-refractivity contribution in [3.8, 4) is 0 Å². The average Bonchev–Trinajstić information content (AvgIpc) is 3.17. The van der Waals surface area contributed by atoms with Gasteiger partial charge in [0.1, 0.15) is 5.82 Å². The van der Waals surface area contributed by atoms with E-state index in [4.69, 9.17) is 0 Å². The third-order valence-electron chi connectivity index (χ3n) is 5.04. The van der Waals surface area contributed by atoms with Gasteiger partial charge in [0, 0.05) is 61.4 Å². The second-order valence-electron chi connectivity index (χ2n) is 6.65. The van der Waals surface area contributed by atoms with E-state index in [-0.39, 0.29) is 23.4 Å². The molecule has 142 valence electrons. The van der Waals surface area contributed by atoms with E-state index in [1.807, 2.05) is 4.90 Å². The summed E-state index contributed by atoms with van der Waals surface area (Å²) < 4.78 is 14.6. The zero-order valence-corrected chi connectivity index (χ0v) is 16.9. The number of aromatic nitrogens is 1. The van der Waals surface area contributed by atoms with Crippen LogP contribution >= 0.6 is 27.3 Å². The second kappa shape index (κ2) is 7.65. The summed E-state index contributed by atoms with van der Waals surface area (Å²) in [6.07, 6.45) is 1.64. The summed E-state index contributed by atoms with van der Waals surface area (Å²) in [5, 5.41) is 2.33. The monoisotopic (exact) mass is 452 g/mol. The third-order valence-corrected chi connectivity index (χ3v) is 6.30. The van der Waals surface area contributed by atoms with Gasteiger partial charge in [0.05, 0.1) is 5.56 Å². The van der Waals surface area contributed by atoms with Crippen LogP contribution in [0.2, 0.25) is 0 Å². The molecule has 1 aromatic heterocycles. The van der Waals surface area contributed by atoms with E-state index in [2.05, 4.69) is 25.8 Å². The zero-order chi connectivity index (χ0) is 19.0. The molecular formula is C18H18BrFN4O2S. The predicted octanol–water partition coefficient (Wildman–Crippen LogP) is 2.33. The molecule has 3 heterocycles. The molecule has 1 aromatic carbocycles. The Morgan fingerprint density at radius 2 is 1.85 bits per heavy atom. The minimum absolute atomic E-state index is 0.0137. The van der Waals surface area contributed by atoms with E-state index in [1.54, 1.807) is 22.5 Å². The lowest BCUT2D eigenvalue weighted by Gasteiger charge is -2.48. The van der Waals surface area contributed by atoms with Crippen molar-refractivity contribution in [2.45, 2.75) is 6.04 Å². The van der Waals surface area contributed by atoms with Crippen LogP contribution in [0, 0.1) is 5.82 Å². The fourth-order valence-electron chi connectivity index (χ4n) is 3.44. The summed E-state index contributed by atoms with van der Waals surface area (Å²) in [5.41, 5.74) is 0.0988. The summed E-state index contributed by atoms with van der Waals surface area (Å²) in [6.45, 7) is 4.03. The maximum Gasteiger partial charge on any atom is 0.282 e. The number of amides is 2. The number of halogens is 2. The highest BCUT2D eigenvalue weighted by molar-refractivity contribution is 9.10. The van der Waals surface area contributed by atoms with E-state index in [0.717, 1.165) is 13.1 Å². The number of piperazine rings is 1. The van der Waals surface area contributed by atoms with Crippen molar-refractivity contribution >= 4 is 39.1 Å². The highest BCUT2D eigenvalue weighted by atomic mass is 79.9. The standard InChI is InChI=1S/C18H18BrFN4O2S/c19-12-1-2-15(20)14(9-12)17(25)24-10-13(11-24)22-4-6-23(7-5-22)18(26)16-21-3-8-27-16/h1-3,8-9,13H,4-7,10-11H2. The maximum atomic E-state index is 13.9. The normalized spacial score (nSPS) is 18.4. The van der Waals surface area contributed by atoms with Crippen molar-refractivity contribution < 1.29 is 14.0 Å². The van der Waals surface area contributed by atoms with Crippen molar-refractivity contribution in [2.24, 2.45) is 0 Å². The predicted molar refractivity (Wildman–Crippen MR) is 103 cm³/mol. The Morgan fingerprint density at radius 1 is 1.11 bits per heavy atom. The second-order valence-corrected chi connectivity index (χ2v) is 8.46. The van der Waals surface area contributed by atoms with Crippen LogP contribution in [0.25, 0.3) is 0 Å². The summed E-state index contributed by atoms with van der Waals surface area (Å²) in [5.74, 6) is -0.788. The Bertz CT molecular complexity index is 849. The molecule has 2 aromatic rings. The Kier molecular flexibility index (Phi) is 5.25. The molecule has 0 aliphatic carbocycles. The molecule has 2 aliphatic rings. The molecule has 0 bridgehead atoms. The van der Waals surface area contributed by atoms with Crippen molar-refractivity contribution in [2.75, 3.05) is 39.3 Å². The minimum atomic E-state index is -0.499. The molecule has 0 radical (unpaired) electrons. The largest absolute Gasteiger partial charge is 0.335 e. The third kappa shape index (κ3) is 3.76. The molecule has 0 spiro atoms. The van der Waals surface area contributed by atoms with Crippen LogP contribution in [-0.4, -0.2) is 76.8 Å². The van der Waals surface area contributed by atoms with Gasteiger partial charge in [0.25, 0.3) is 11.8 Å². The van der Waals surface area contributed by atoms with E-state index in [0.29, 0.717) is 35.7 Å². The fourth-order valence-corrected chi connectivity index (χ4v) is 4.40. The van der Waals surface area contributed by atoms with Gasteiger partial charge in [-0.05, 0) is 18.2 Å². The lowest BCUT2D eigenvalue weighted by atomic mass is 10.0. The molecule has 2 aliphatic heterocycles. The van der Waals surface area contributed by atoms with Gasteiger partial charge in [0.2, 0.25) is 0 Å². The van der Waals surface area contributed by atoms with E-state index in [9.17, 15) is 14.0 Å². The first-order valence-corrected chi connectivity index (χ1v) is 10.4. The molecule has 6 nitrogen and oxygen atoms in total. The molecule has 0 saturated carbocycles.